The summed E-state index contributed by atoms with van der Waals surface area (Å²) in [7, 11) is 0. The van der Waals surface area contributed by atoms with Gasteiger partial charge in [0.05, 0.1) is 5.69 Å². The Bertz CT molecular complexity index is 986. The maximum absolute atomic E-state index is 9.40. The SMILES string of the molecule is CCN(Cc1cccc(-c2ccnc(NCCc3ccc(O)cc3)n2)c1)C[C@@H]1CCCN1. The van der Waals surface area contributed by atoms with Gasteiger partial charge in [-0.3, -0.25) is 4.90 Å². The molecule has 3 aromatic rings. The van der Waals surface area contributed by atoms with Crippen LogP contribution in [0.3, 0.4) is 0 Å². The number of hydrogen-bond acceptors (Lipinski definition) is 6. The maximum Gasteiger partial charge on any atom is 0.223 e. The molecular formula is C26H33N5O. The molecule has 1 saturated heterocycles. The Hall–Kier alpha value is -2.96. The minimum atomic E-state index is 0.289. The van der Waals surface area contributed by atoms with Gasteiger partial charge in [-0.2, -0.15) is 0 Å². The van der Waals surface area contributed by atoms with Crippen LogP contribution in [-0.2, 0) is 13.0 Å². The summed E-state index contributed by atoms with van der Waals surface area (Å²) in [6.07, 6.45) is 5.21. The number of aromatic nitrogens is 2. The van der Waals surface area contributed by atoms with Gasteiger partial charge in [-0.25, -0.2) is 9.97 Å². The lowest BCUT2D eigenvalue weighted by molar-refractivity contribution is 0.253. The fourth-order valence-corrected chi connectivity index (χ4v) is 4.20. The number of phenolic OH excluding ortho intramolecular Hbond substituents is 1. The van der Waals surface area contributed by atoms with Crippen molar-refractivity contribution in [3.63, 3.8) is 0 Å². The summed E-state index contributed by atoms with van der Waals surface area (Å²) in [6.45, 7) is 7.21. The van der Waals surface area contributed by atoms with Crippen molar-refractivity contribution in [3.8, 4) is 17.0 Å². The molecule has 32 heavy (non-hydrogen) atoms. The smallest absolute Gasteiger partial charge is 0.223 e. The molecule has 0 spiro atoms. The Morgan fingerprint density at radius 3 is 2.78 bits per heavy atom. The van der Waals surface area contributed by atoms with E-state index in [1.807, 2.05) is 24.4 Å². The lowest BCUT2D eigenvalue weighted by atomic mass is 10.1. The monoisotopic (exact) mass is 431 g/mol. The number of benzene rings is 2. The molecule has 4 rings (SSSR count). The molecule has 2 heterocycles. The van der Waals surface area contributed by atoms with Crippen molar-refractivity contribution >= 4 is 5.95 Å². The van der Waals surface area contributed by atoms with Crippen molar-refractivity contribution in [1.82, 2.24) is 20.2 Å². The van der Waals surface area contributed by atoms with E-state index >= 15 is 0 Å². The van der Waals surface area contributed by atoms with Gasteiger partial charge < -0.3 is 15.7 Å². The Morgan fingerprint density at radius 2 is 2.00 bits per heavy atom. The van der Waals surface area contributed by atoms with Crippen molar-refractivity contribution in [1.29, 1.82) is 0 Å². The third-order valence-electron chi connectivity index (χ3n) is 6.01. The number of nitrogens with zero attached hydrogens (tertiary/aromatic N) is 3. The second-order valence-electron chi connectivity index (χ2n) is 8.43. The predicted molar refractivity (Wildman–Crippen MR) is 130 cm³/mol. The molecule has 1 aromatic heterocycles. The van der Waals surface area contributed by atoms with E-state index < -0.39 is 0 Å². The van der Waals surface area contributed by atoms with Crippen molar-refractivity contribution in [2.75, 3.05) is 31.5 Å². The molecule has 0 amide bonds. The third kappa shape index (κ3) is 6.28. The summed E-state index contributed by atoms with van der Waals surface area (Å²) in [5.41, 5.74) is 4.51. The van der Waals surface area contributed by atoms with E-state index in [4.69, 9.17) is 4.98 Å². The van der Waals surface area contributed by atoms with Crippen LogP contribution in [0.4, 0.5) is 5.95 Å². The first-order valence-corrected chi connectivity index (χ1v) is 11.6. The van der Waals surface area contributed by atoms with Crippen LogP contribution in [0.2, 0.25) is 0 Å². The van der Waals surface area contributed by atoms with E-state index in [0.29, 0.717) is 12.0 Å². The molecule has 0 unspecified atom stereocenters. The zero-order valence-corrected chi connectivity index (χ0v) is 18.8. The van der Waals surface area contributed by atoms with Crippen LogP contribution >= 0.6 is 0 Å². The van der Waals surface area contributed by atoms with Gasteiger partial charge in [0.15, 0.2) is 0 Å². The molecule has 6 nitrogen and oxygen atoms in total. The average Bonchev–Trinajstić information content (AvgIpc) is 3.33. The maximum atomic E-state index is 9.40. The number of phenols is 1. The summed E-state index contributed by atoms with van der Waals surface area (Å²) >= 11 is 0. The minimum Gasteiger partial charge on any atom is -0.508 e. The average molecular weight is 432 g/mol. The molecular weight excluding hydrogens is 398 g/mol. The summed E-state index contributed by atoms with van der Waals surface area (Å²) in [5, 5.41) is 16.3. The molecule has 0 aliphatic carbocycles. The fourth-order valence-electron chi connectivity index (χ4n) is 4.20. The van der Waals surface area contributed by atoms with Crippen molar-refractivity contribution in [2.45, 2.75) is 38.8 Å². The molecule has 1 aliphatic heterocycles. The highest BCUT2D eigenvalue weighted by atomic mass is 16.3. The number of rotatable bonds is 10. The van der Waals surface area contributed by atoms with Crippen molar-refractivity contribution in [3.05, 3.63) is 71.9 Å². The van der Waals surface area contributed by atoms with Gasteiger partial charge in [0.2, 0.25) is 5.95 Å². The molecule has 0 bridgehead atoms. The van der Waals surface area contributed by atoms with Crippen LogP contribution in [0.25, 0.3) is 11.3 Å². The summed E-state index contributed by atoms with van der Waals surface area (Å²) < 4.78 is 0. The molecule has 1 aliphatic rings. The van der Waals surface area contributed by atoms with Crippen molar-refractivity contribution in [2.24, 2.45) is 0 Å². The molecule has 1 atom stereocenters. The zero-order chi connectivity index (χ0) is 22.2. The highest BCUT2D eigenvalue weighted by molar-refractivity contribution is 5.60. The summed E-state index contributed by atoms with van der Waals surface area (Å²) in [6, 6.07) is 18.5. The lowest BCUT2D eigenvalue weighted by Gasteiger charge is -2.24. The van der Waals surface area contributed by atoms with Gasteiger partial charge in [-0.1, -0.05) is 37.3 Å². The first-order valence-electron chi connectivity index (χ1n) is 11.6. The predicted octanol–water partition coefficient (Wildman–Crippen LogP) is 4.08. The second kappa shape index (κ2) is 11.1. The number of hydrogen-bond donors (Lipinski definition) is 3. The summed E-state index contributed by atoms with van der Waals surface area (Å²) in [4.78, 5) is 11.6. The molecule has 1 fully saturated rings. The highest BCUT2D eigenvalue weighted by Gasteiger charge is 2.17. The van der Waals surface area contributed by atoms with Gasteiger partial charge in [-0.05, 0) is 67.7 Å². The van der Waals surface area contributed by atoms with Gasteiger partial charge in [0, 0.05) is 37.4 Å². The van der Waals surface area contributed by atoms with E-state index in [1.54, 1.807) is 12.1 Å². The Kier molecular flexibility index (Phi) is 7.69. The fraction of sp³-hybridized carbons (Fsp3) is 0.385. The van der Waals surface area contributed by atoms with Crippen LogP contribution in [0, 0.1) is 0 Å². The molecule has 0 saturated carbocycles. The van der Waals surface area contributed by atoms with Crippen LogP contribution < -0.4 is 10.6 Å². The largest absolute Gasteiger partial charge is 0.508 e. The molecule has 3 N–H and O–H groups in total. The topological polar surface area (TPSA) is 73.3 Å². The normalized spacial score (nSPS) is 15.9. The number of likely N-dealkylation sites (N-methyl/N-ethyl adjacent to an activating group) is 1. The van der Waals surface area contributed by atoms with Crippen LogP contribution in [-0.4, -0.2) is 52.2 Å². The molecule has 0 radical (unpaired) electrons. The number of aromatic hydroxyl groups is 1. The minimum absolute atomic E-state index is 0.289. The molecule has 6 heteroatoms. The van der Waals surface area contributed by atoms with E-state index in [2.05, 4.69) is 51.7 Å². The van der Waals surface area contributed by atoms with E-state index in [1.165, 1.54) is 18.4 Å². The standard InChI is InChI=1S/C26H33N5O/c1-2-31(19-23-7-4-14-27-23)18-21-5-3-6-22(17-21)25-13-16-29-26(30-25)28-15-12-20-8-10-24(32)11-9-20/h3,5-6,8-11,13,16-17,23,27,32H,2,4,7,12,14-15,18-19H2,1H3,(H,28,29,30)/t23-/m0/s1. The second-order valence-corrected chi connectivity index (χ2v) is 8.43. The quantitative estimate of drug-likeness (QED) is 0.449. The molecule has 168 valence electrons. The van der Waals surface area contributed by atoms with E-state index in [-0.39, 0.29) is 5.75 Å². The highest BCUT2D eigenvalue weighted by Crippen LogP contribution is 2.20. The van der Waals surface area contributed by atoms with Crippen molar-refractivity contribution < 1.29 is 5.11 Å². The zero-order valence-electron chi connectivity index (χ0n) is 18.8. The Balaban J connectivity index is 1.37. The number of nitrogens with one attached hydrogen (secondary N) is 2. The Morgan fingerprint density at radius 1 is 1.12 bits per heavy atom. The third-order valence-corrected chi connectivity index (χ3v) is 6.01. The lowest BCUT2D eigenvalue weighted by Crippen LogP contribution is -2.37. The van der Waals surface area contributed by atoms with Crippen LogP contribution in [0.5, 0.6) is 5.75 Å². The van der Waals surface area contributed by atoms with Gasteiger partial charge in [-0.15, -0.1) is 0 Å². The first-order chi connectivity index (χ1) is 15.7. The first kappa shape index (κ1) is 22.2. The number of anilines is 1. The van der Waals surface area contributed by atoms with E-state index in [9.17, 15) is 5.11 Å². The Labute approximate surface area is 190 Å². The van der Waals surface area contributed by atoms with Crippen LogP contribution in [0.15, 0.2) is 60.8 Å². The van der Waals surface area contributed by atoms with Gasteiger partial charge in [0.1, 0.15) is 5.75 Å². The van der Waals surface area contributed by atoms with Gasteiger partial charge >= 0.3 is 0 Å². The van der Waals surface area contributed by atoms with Crippen LogP contribution in [0.1, 0.15) is 30.9 Å². The van der Waals surface area contributed by atoms with E-state index in [0.717, 1.165) is 56.0 Å². The van der Waals surface area contributed by atoms with Gasteiger partial charge in [0.25, 0.3) is 0 Å². The summed E-state index contributed by atoms with van der Waals surface area (Å²) in [5.74, 6) is 0.923. The molecule has 2 aromatic carbocycles.